The number of hydrogen-bond donors (Lipinski definition) is 0. The summed E-state index contributed by atoms with van der Waals surface area (Å²) in [6.07, 6.45) is 1.46. The molecule has 0 fully saturated rings. The molecule has 0 unspecified atom stereocenters. The predicted molar refractivity (Wildman–Crippen MR) is 66.3 cm³/mol. The summed E-state index contributed by atoms with van der Waals surface area (Å²) in [4.78, 5) is 25.1. The van der Waals surface area contributed by atoms with Crippen molar-refractivity contribution >= 4 is 11.9 Å². The second kappa shape index (κ2) is 6.23. The van der Waals surface area contributed by atoms with Crippen LogP contribution in [0.4, 0.5) is 0 Å². The molecule has 5 nitrogen and oxygen atoms in total. The summed E-state index contributed by atoms with van der Waals surface area (Å²) in [5.74, 6) is -0.433. The number of nitrogens with zero attached hydrogens (tertiary/aromatic N) is 1. The highest BCUT2D eigenvalue weighted by Gasteiger charge is 2.25. The topological polar surface area (TPSA) is 59.8 Å². The van der Waals surface area contributed by atoms with Crippen LogP contribution in [-0.2, 0) is 9.53 Å². The summed E-state index contributed by atoms with van der Waals surface area (Å²) in [6, 6.07) is 1.61. The van der Waals surface area contributed by atoms with Crippen LogP contribution >= 0.6 is 0 Å². The largest absolute Gasteiger partial charge is 0.465 e. The molecule has 0 aromatic carbocycles. The Morgan fingerprint density at radius 3 is 2.56 bits per heavy atom. The molecule has 0 atom stereocenters. The molecule has 1 rings (SSSR count). The van der Waals surface area contributed by atoms with Crippen LogP contribution in [0.1, 0.15) is 36.9 Å². The van der Waals surface area contributed by atoms with E-state index in [-0.39, 0.29) is 24.3 Å². The maximum absolute atomic E-state index is 12.2. The van der Waals surface area contributed by atoms with E-state index in [0.717, 1.165) is 5.56 Å². The van der Waals surface area contributed by atoms with Crippen molar-refractivity contribution in [2.75, 3.05) is 13.2 Å². The number of carbonyl (C=O) groups excluding carboxylic acids is 2. The average Bonchev–Trinajstić information content (AvgIpc) is 2.71. The van der Waals surface area contributed by atoms with Crippen LogP contribution in [-0.4, -0.2) is 36.0 Å². The normalized spacial score (nSPS) is 10.5. The molecular weight excluding hydrogens is 234 g/mol. The Bertz CT molecular complexity index is 422. The van der Waals surface area contributed by atoms with Gasteiger partial charge in [-0.2, -0.15) is 0 Å². The molecule has 0 N–H and O–H groups in total. The number of rotatable bonds is 5. The smallest absolute Gasteiger partial charge is 0.325 e. The molecule has 0 aliphatic heterocycles. The number of aryl methyl sites for hydroxylation is 1. The Labute approximate surface area is 107 Å². The number of esters is 1. The molecule has 1 heterocycles. The first-order valence-corrected chi connectivity index (χ1v) is 5.98. The van der Waals surface area contributed by atoms with Gasteiger partial charge in [0.1, 0.15) is 6.54 Å². The SMILES string of the molecule is CCOC(=O)CN(C(=O)c1occc1C)C(C)C. The van der Waals surface area contributed by atoms with Crippen molar-refractivity contribution in [1.82, 2.24) is 4.90 Å². The Kier molecular flexibility index (Phi) is 4.95. The maximum atomic E-state index is 12.2. The molecule has 100 valence electrons. The van der Waals surface area contributed by atoms with Crippen LogP contribution in [0.25, 0.3) is 0 Å². The molecule has 0 aliphatic carbocycles. The van der Waals surface area contributed by atoms with Crippen LogP contribution < -0.4 is 0 Å². The first-order valence-electron chi connectivity index (χ1n) is 5.98. The molecule has 0 bridgehead atoms. The first-order chi connectivity index (χ1) is 8.47. The van der Waals surface area contributed by atoms with Gasteiger partial charge in [0.2, 0.25) is 0 Å². The van der Waals surface area contributed by atoms with Gasteiger partial charge in [-0.3, -0.25) is 9.59 Å². The number of carbonyl (C=O) groups is 2. The van der Waals surface area contributed by atoms with Crippen LogP contribution in [0.3, 0.4) is 0 Å². The molecule has 0 aliphatic rings. The number of amides is 1. The van der Waals surface area contributed by atoms with E-state index in [0.29, 0.717) is 6.61 Å². The zero-order valence-corrected chi connectivity index (χ0v) is 11.2. The van der Waals surface area contributed by atoms with Crippen molar-refractivity contribution in [2.24, 2.45) is 0 Å². The fraction of sp³-hybridized carbons (Fsp3) is 0.538. The van der Waals surface area contributed by atoms with Crippen LogP contribution in [0.5, 0.6) is 0 Å². The maximum Gasteiger partial charge on any atom is 0.325 e. The zero-order chi connectivity index (χ0) is 13.7. The van der Waals surface area contributed by atoms with Crippen molar-refractivity contribution < 1.29 is 18.7 Å². The molecule has 0 spiro atoms. The van der Waals surface area contributed by atoms with E-state index >= 15 is 0 Å². The van der Waals surface area contributed by atoms with Gasteiger partial charge in [0.15, 0.2) is 5.76 Å². The summed E-state index contributed by atoms with van der Waals surface area (Å²) in [7, 11) is 0. The van der Waals surface area contributed by atoms with Crippen LogP contribution in [0.15, 0.2) is 16.7 Å². The van der Waals surface area contributed by atoms with Crippen molar-refractivity contribution in [3.63, 3.8) is 0 Å². The first kappa shape index (κ1) is 14.3. The van der Waals surface area contributed by atoms with Gasteiger partial charge in [-0.1, -0.05) is 0 Å². The van der Waals surface area contributed by atoms with E-state index < -0.39 is 5.97 Å². The lowest BCUT2D eigenvalue weighted by atomic mass is 10.2. The molecule has 1 aromatic heterocycles. The quantitative estimate of drug-likeness (QED) is 0.753. The fourth-order valence-corrected chi connectivity index (χ4v) is 1.56. The molecule has 0 saturated heterocycles. The minimum Gasteiger partial charge on any atom is -0.465 e. The van der Waals surface area contributed by atoms with E-state index in [4.69, 9.17) is 9.15 Å². The van der Waals surface area contributed by atoms with Gasteiger partial charge >= 0.3 is 5.97 Å². The van der Waals surface area contributed by atoms with E-state index in [1.807, 2.05) is 13.8 Å². The Balaban J connectivity index is 2.83. The Morgan fingerprint density at radius 1 is 1.44 bits per heavy atom. The highest BCUT2D eigenvalue weighted by molar-refractivity contribution is 5.94. The summed E-state index contributed by atoms with van der Waals surface area (Å²) in [6.45, 7) is 7.45. The Morgan fingerprint density at radius 2 is 2.11 bits per heavy atom. The van der Waals surface area contributed by atoms with Crippen molar-refractivity contribution in [2.45, 2.75) is 33.7 Å². The van der Waals surface area contributed by atoms with E-state index in [1.54, 1.807) is 19.9 Å². The van der Waals surface area contributed by atoms with E-state index in [9.17, 15) is 9.59 Å². The number of ether oxygens (including phenoxy) is 1. The molecule has 18 heavy (non-hydrogen) atoms. The van der Waals surface area contributed by atoms with Crippen molar-refractivity contribution in [3.05, 3.63) is 23.7 Å². The van der Waals surface area contributed by atoms with E-state index in [2.05, 4.69) is 0 Å². The minimum atomic E-state index is -0.413. The van der Waals surface area contributed by atoms with E-state index in [1.165, 1.54) is 11.2 Å². The highest BCUT2D eigenvalue weighted by atomic mass is 16.5. The third-order valence-corrected chi connectivity index (χ3v) is 2.55. The Hall–Kier alpha value is -1.78. The van der Waals surface area contributed by atoms with Gasteiger partial charge in [-0.05, 0) is 33.8 Å². The second-order valence-corrected chi connectivity index (χ2v) is 4.26. The third-order valence-electron chi connectivity index (χ3n) is 2.55. The van der Waals surface area contributed by atoms with Crippen LogP contribution in [0, 0.1) is 6.92 Å². The molecule has 0 radical (unpaired) electrons. The third kappa shape index (κ3) is 3.35. The van der Waals surface area contributed by atoms with Crippen molar-refractivity contribution in [3.8, 4) is 0 Å². The molecule has 5 heteroatoms. The average molecular weight is 253 g/mol. The lowest BCUT2D eigenvalue weighted by Crippen LogP contribution is -2.41. The van der Waals surface area contributed by atoms with Crippen molar-refractivity contribution in [1.29, 1.82) is 0 Å². The molecular formula is C13H19NO4. The molecule has 1 aromatic rings. The number of hydrogen-bond acceptors (Lipinski definition) is 4. The summed E-state index contributed by atoms with van der Waals surface area (Å²) in [5, 5.41) is 0. The van der Waals surface area contributed by atoms with Gasteiger partial charge in [0, 0.05) is 11.6 Å². The lowest BCUT2D eigenvalue weighted by Gasteiger charge is -2.24. The standard InChI is InChI=1S/C13H19NO4/c1-5-17-11(15)8-14(9(2)3)13(16)12-10(4)6-7-18-12/h6-7,9H,5,8H2,1-4H3. The van der Waals surface area contributed by atoms with Gasteiger partial charge in [0.25, 0.3) is 5.91 Å². The molecule has 1 amide bonds. The highest BCUT2D eigenvalue weighted by Crippen LogP contribution is 2.14. The molecule has 0 saturated carbocycles. The van der Waals surface area contributed by atoms with Gasteiger partial charge in [-0.15, -0.1) is 0 Å². The van der Waals surface area contributed by atoms with Crippen LogP contribution in [0.2, 0.25) is 0 Å². The van der Waals surface area contributed by atoms with Gasteiger partial charge in [0.05, 0.1) is 12.9 Å². The summed E-state index contributed by atoms with van der Waals surface area (Å²) < 4.78 is 10.0. The monoisotopic (exact) mass is 253 g/mol. The lowest BCUT2D eigenvalue weighted by molar-refractivity contribution is -0.144. The van der Waals surface area contributed by atoms with Gasteiger partial charge < -0.3 is 14.1 Å². The zero-order valence-electron chi connectivity index (χ0n) is 11.2. The second-order valence-electron chi connectivity index (χ2n) is 4.26. The summed E-state index contributed by atoms with van der Waals surface area (Å²) >= 11 is 0. The fourth-order valence-electron chi connectivity index (χ4n) is 1.56. The summed E-state index contributed by atoms with van der Waals surface area (Å²) in [5.41, 5.74) is 0.759. The predicted octanol–water partition coefficient (Wildman–Crippen LogP) is 2.00. The number of furan rings is 1. The minimum absolute atomic E-state index is 0.0650. The van der Waals surface area contributed by atoms with Gasteiger partial charge in [-0.25, -0.2) is 0 Å².